The van der Waals surface area contributed by atoms with Gasteiger partial charge in [-0.2, -0.15) is 4.98 Å². The lowest BCUT2D eigenvalue weighted by molar-refractivity contribution is 0.0600. The molecule has 0 aliphatic carbocycles. The molecule has 4 aromatic rings. The maximum atomic E-state index is 11.6. The number of carbonyl (C=O) groups is 1. The van der Waals surface area contributed by atoms with Gasteiger partial charge < -0.3 is 9.47 Å². The zero-order valence-corrected chi connectivity index (χ0v) is 14.5. The van der Waals surface area contributed by atoms with Gasteiger partial charge in [-0.05, 0) is 48.5 Å². The molecule has 6 nitrogen and oxygen atoms in total. The minimum absolute atomic E-state index is 0.395. The lowest BCUT2D eigenvalue weighted by Crippen LogP contribution is -2.00. The molecule has 0 aliphatic heterocycles. The highest BCUT2D eigenvalue weighted by molar-refractivity contribution is 5.89. The second-order valence-electron chi connectivity index (χ2n) is 5.73. The maximum Gasteiger partial charge on any atom is 0.337 e. The molecule has 0 amide bonds. The molecule has 2 aromatic carbocycles. The van der Waals surface area contributed by atoms with Crippen molar-refractivity contribution in [1.29, 1.82) is 0 Å². The standard InChI is InChI=1S/C21H15N3O3/c1-26-21(25)14-8-10-16(11-9-14)27-20-17-6-2-3-7-18(17)23-19(24-20)15-5-4-12-22-13-15/h2-13H,1H3. The summed E-state index contributed by atoms with van der Waals surface area (Å²) in [5, 5.41) is 0.794. The Balaban J connectivity index is 1.75. The minimum Gasteiger partial charge on any atom is -0.465 e. The summed E-state index contributed by atoms with van der Waals surface area (Å²) < 4.78 is 10.7. The van der Waals surface area contributed by atoms with Crippen molar-refractivity contribution in [3.05, 3.63) is 78.6 Å². The van der Waals surface area contributed by atoms with Crippen molar-refractivity contribution in [2.75, 3.05) is 7.11 Å². The second-order valence-corrected chi connectivity index (χ2v) is 5.73. The summed E-state index contributed by atoms with van der Waals surface area (Å²) in [7, 11) is 1.35. The van der Waals surface area contributed by atoms with Gasteiger partial charge in [0.1, 0.15) is 5.75 Å². The van der Waals surface area contributed by atoms with Gasteiger partial charge in [-0.25, -0.2) is 9.78 Å². The Hall–Kier alpha value is -3.80. The van der Waals surface area contributed by atoms with Crippen LogP contribution in [0.2, 0.25) is 0 Å². The number of methoxy groups -OCH3 is 1. The lowest BCUT2D eigenvalue weighted by atomic mass is 10.2. The van der Waals surface area contributed by atoms with Gasteiger partial charge in [0.05, 0.1) is 23.6 Å². The molecule has 0 N–H and O–H groups in total. The number of ether oxygens (including phenoxy) is 2. The van der Waals surface area contributed by atoms with Crippen LogP contribution < -0.4 is 4.74 Å². The van der Waals surface area contributed by atoms with Crippen LogP contribution >= 0.6 is 0 Å². The van der Waals surface area contributed by atoms with Gasteiger partial charge in [0, 0.05) is 18.0 Å². The van der Waals surface area contributed by atoms with Crippen molar-refractivity contribution in [3.63, 3.8) is 0 Å². The molecular formula is C21H15N3O3. The summed E-state index contributed by atoms with van der Waals surface area (Å²) >= 11 is 0. The molecule has 27 heavy (non-hydrogen) atoms. The Labute approximate surface area is 155 Å². The number of esters is 1. The van der Waals surface area contributed by atoms with E-state index in [1.165, 1.54) is 7.11 Å². The van der Waals surface area contributed by atoms with E-state index in [1.54, 1.807) is 36.7 Å². The number of carbonyl (C=O) groups excluding carboxylic acids is 1. The Morgan fingerprint density at radius 1 is 0.926 bits per heavy atom. The average Bonchev–Trinajstić information content (AvgIpc) is 2.74. The van der Waals surface area contributed by atoms with Crippen LogP contribution in [0.3, 0.4) is 0 Å². The van der Waals surface area contributed by atoms with Gasteiger partial charge in [-0.3, -0.25) is 4.98 Å². The van der Waals surface area contributed by atoms with Gasteiger partial charge in [-0.1, -0.05) is 12.1 Å². The largest absolute Gasteiger partial charge is 0.465 e. The molecule has 0 aliphatic rings. The zero-order chi connectivity index (χ0) is 18.6. The fourth-order valence-electron chi connectivity index (χ4n) is 2.64. The third-order valence-corrected chi connectivity index (χ3v) is 3.98. The number of rotatable bonds is 4. The summed E-state index contributed by atoms with van der Waals surface area (Å²) in [6.07, 6.45) is 3.41. The Morgan fingerprint density at radius 3 is 2.48 bits per heavy atom. The second kappa shape index (κ2) is 7.21. The van der Waals surface area contributed by atoms with Crippen LogP contribution in [-0.4, -0.2) is 28.0 Å². The Morgan fingerprint density at radius 2 is 1.74 bits per heavy atom. The monoisotopic (exact) mass is 357 g/mol. The summed E-state index contributed by atoms with van der Waals surface area (Å²) in [6, 6.07) is 18.1. The molecule has 132 valence electrons. The van der Waals surface area contributed by atoms with Crippen molar-refractivity contribution in [2.24, 2.45) is 0 Å². The molecule has 0 unspecified atom stereocenters. The summed E-state index contributed by atoms with van der Waals surface area (Å²) in [5.41, 5.74) is 2.02. The van der Waals surface area contributed by atoms with Crippen molar-refractivity contribution < 1.29 is 14.3 Å². The maximum absolute atomic E-state index is 11.6. The van der Waals surface area contributed by atoms with E-state index in [-0.39, 0.29) is 0 Å². The normalized spacial score (nSPS) is 10.6. The molecule has 0 atom stereocenters. The number of pyridine rings is 1. The predicted octanol–water partition coefficient (Wildman–Crippen LogP) is 4.27. The average molecular weight is 357 g/mol. The van der Waals surface area contributed by atoms with Gasteiger partial charge in [0.2, 0.25) is 5.88 Å². The molecule has 0 spiro atoms. The van der Waals surface area contributed by atoms with E-state index in [1.807, 2.05) is 36.4 Å². The summed E-state index contributed by atoms with van der Waals surface area (Å²) in [4.78, 5) is 24.9. The molecule has 0 saturated heterocycles. The molecular weight excluding hydrogens is 342 g/mol. The number of benzene rings is 2. The number of aromatic nitrogens is 3. The highest BCUT2D eigenvalue weighted by Gasteiger charge is 2.12. The molecule has 6 heteroatoms. The van der Waals surface area contributed by atoms with E-state index in [2.05, 4.69) is 15.0 Å². The van der Waals surface area contributed by atoms with E-state index >= 15 is 0 Å². The quantitative estimate of drug-likeness (QED) is 0.508. The topological polar surface area (TPSA) is 74.2 Å². The highest BCUT2D eigenvalue weighted by Crippen LogP contribution is 2.30. The molecule has 0 radical (unpaired) electrons. The predicted molar refractivity (Wildman–Crippen MR) is 101 cm³/mol. The summed E-state index contributed by atoms with van der Waals surface area (Å²) in [6.45, 7) is 0. The molecule has 0 fully saturated rings. The minimum atomic E-state index is -0.395. The summed E-state index contributed by atoms with van der Waals surface area (Å²) in [5.74, 6) is 1.13. The van der Waals surface area contributed by atoms with Crippen LogP contribution in [0.4, 0.5) is 0 Å². The number of fused-ring (bicyclic) bond motifs is 1. The van der Waals surface area contributed by atoms with Crippen molar-refractivity contribution >= 4 is 16.9 Å². The fourth-order valence-corrected chi connectivity index (χ4v) is 2.64. The molecule has 0 saturated carbocycles. The number of hydrogen-bond acceptors (Lipinski definition) is 6. The van der Waals surface area contributed by atoms with Gasteiger partial charge in [0.15, 0.2) is 5.82 Å². The first-order valence-corrected chi connectivity index (χ1v) is 8.28. The Bertz CT molecular complexity index is 1100. The van der Waals surface area contributed by atoms with Crippen LogP contribution in [-0.2, 0) is 4.74 Å². The van der Waals surface area contributed by atoms with E-state index in [0.717, 1.165) is 16.5 Å². The number of hydrogen-bond donors (Lipinski definition) is 0. The lowest BCUT2D eigenvalue weighted by Gasteiger charge is -2.10. The third-order valence-electron chi connectivity index (χ3n) is 3.98. The van der Waals surface area contributed by atoms with Gasteiger partial charge >= 0.3 is 5.97 Å². The zero-order valence-electron chi connectivity index (χ0n) is 14.5. The van der Waals surface area contributed by atoms with Gasteiger partial charge in [0.25, 0.3) is 0 Å². The van der Waals surface area contributed by atoms with Crippen LogP contribution in [0.5, 0.6) is 11.6 Å². The van der Waals surface area contributed by atoms with Crippen molar-refractivity contribution in [2.45, 2.75) is 0 Å². The van der Waals surface area contributed by atoms with Crippen LogP contribution in [0.15, 0.2) is 73.1 Å². The number of para-hydroxylation sites is 1. The third kappa shape index (κ3) is 3.46. The van der Waals surface area contributed by atoms with E-state index in [0.29, 0.717) is 23.0 Å². The Kier molecular flexibility index (Phi) is 4.45. The van der Waals surface area contributed by atoms with Crippen LogP contribution in [0.1, 0.15) is 10.4 Å². The van der Waals surface area contributed by atoms with Gasteiger partial charge in [-0.15, -0.1) is 0 Å². The van der Waals surface area contributed by atoms with Crippen molar-refractivity contribution in [1.82, 2.24) is 15.0 Å². The highest BCUT2D eigenvalue weighted by atomic mass is 16.5. The van der Waals surface area contributed by atoms with Crippen LogP contribution in [0.25, 0.3) is 22.3 Å². The van der Waals surface area contributed by atoms with E-state index < -0.39 is 5.97 Å². The van der Waals surface area contributed by atoms with E-state index in [9.17, 15) is 4.79 Å². The first kappa shape index (κ1) is 16.7. The van der Waals surface area contributed by atoms with Crippen LogP contribution in [0, 0.1) is 0 Å². The first-order chi connectivity index (χ1) is 13.2. The first-order valence-electron chi connectivity index (χ1n) is 8.28. The molecule has 2 aromatic heterocycles. The molecule has 2 heterocycles. The molecule has 0 bridgehead atoms. The molecule has 4 rings (SSSR count). The van der Waals surface area contributed by atoms with E-state index in [4.69, 9.17) is 9.47 Å². The SMILES string of the molecule is COC(=O)c1ccc(Oc2nc(-c3cccnc3)nc3ccccc23)cc1. The van der Waals surface area contributed by atoms with Crippen molar-refractivity contribution in [3.8, 4) is 23.0 Å². The smallest absolute Gasteiger partial charge is 0.337 e. The number of nitrogens with zero attached hydrogens (tertiary/aromatic N) is 3. The fraction of sp³-hybridized carbons (Fsp3) is 0.0476.